The molecule has 0 spiro atoms. The van der Waals surface area contributed by atoms with Crippen molar-refractivity contribution in [1.82, 2.24) is 4.98 Å². The molecule has 0 atom stereocenters. The lowest BCUT2D eigenvalue weighted by atomic mass is 10.2. The number of rotatable bonds is 3. The van der Waals surface area contributed by atoms with Crippen LogP contribution in [0.15, 0.2) is 18.2 Å². The summed E-state index contributed by atoms with van der Waals surface area (Å²) in [5.74, 6) is -1.42. The summed E-state index contributed by atoms with van der Waals surface area (Å²) >= 11 is 0. The summed E-state index contributed by atoms with van der Waals surface area (Å²) in [4.78, 5) is 35.7. The SMILES string of the molecule is COC(=O)c1cccc(C(=O)C=O)n1. The van der Waals surface area contributed by atoms with Crippen LogP contribution in [0.5, 0.6) is 0 Å². The third-order valence-electron chi connectivity index (χ3n) is 1.50. The summed E-state index contributed by atoms with van der Waals surface area (Å²) in [6, 6.07) is 4.20. The van der Waals surface area contributed by atoms with Gasteiger partial charge >= 0.3 is 5.97 Å². The molecule has 0 aliphatic carbocycles. The molecule has 14 heavy (non-hydrogen) atoms. The standard InChI is InChI=1S/C9H7NO4/c1-14-9(13)7-4-2-3-6(10-7)8(12)5-11/h2-5H,1H3. The number of aromatic nitrogens is 1. The Morgan fingerprint density at radius 1 is 1.36 bits per heavy atom. The van der Waals surface area contributed by atoms with Crippen LogP contribution in [0.2, 0.25) is 0 Å². The Balaban J connectivity index is 3.06. The Hall–Kier alpha value is -2.04. The van der Waals surface area contributed by atoms with Crippen molar-refractivity contribution in [2.75, 3.05) is 7.11 Å². The largest absolute Gasteiger partial charge is 0.464 e. The van der Waals surface area contributed by atoms with Crippen LogP contribution in [0.25, 0.3) is 0 Å². The first-order valence-electron chi connectivity index (χ1n) is 3.74. The zero-order chi connectivity index (χ0) is 10.6. The van der Waals surface area contributed by atoms with Gasteiger partial charge in [-0.2, -0.15) is 0 Å². The lowest BCUT2D eigenvalue weighted by molar-refractivity contribution is -0.104. The van der Waals surface area contributed by atoms with E-state index >= 15 is 0 Å². The van der Waals surface area contributed by atoms with Crippen LogP contribution in [0.3, 0.4) is 0 Å². The van der Waals surface area contributed by atoms with Crippen LogP contribution in [-0.2, 0) is 9.53 Å². The number of ketones is 1. The minimum atomic E-state index is -0.768. The highest BCUT2D eigenvalue weighted by atomic mass is 16.5. The maximum Gasteiger partial charge on any atom is 0.356 e. The molecular weight excluding hydrogens is 186 g/mol. The maximum atomic E-state index is 11.0. The molecule has 72 valence electrons. The minimum Gasteiger partial charge on any atom is -0.464 e. The van der Waals surface area contributed by atoms with E-state index in [1.165, 1.54) is 25.3 Å². The topological polar surface area (TPSA) is 73.3 Å². The summed E-state index contributed by atoms with van der Waals surface area (Å²) in [6.45, 7) is 0. The number of Topliss-reactive ketones (excluding diaryl/α,β-unsaturated/α-hetero) is 1. The van der Waals surface area contributed by atoms with E-state index in [9.17, 15) is 14.4 Å². The molecule has 1 aromatic heterocycles. The molecule has 0 N–H and O–H groups in total. The van der Waals surface area contributed by atoms with Gasteiger partial charge in [-0.1, -0.05) is 6.07 Å². The Bertz CT molecular complexity index is 386. The number of hydrogen-bond donors (Lipinski definition) is 0. The van der Waals surface area contributed by atoms with Crippen LogP contribution in [-0.4, -0.2) is 30.1 Å². The molecule has 0 fully saturated rings. The number of ether oxygens (including phenoxy) is 1. The number of esters is 1. The van der Waals surface area contributed by atoms with Gasteiger partial charge in [0.2, 0.25) is 5.78 Å². The molecule has 0 unspecified atom stereocenters. The summed E-state index contributed by atoms with van der Waals surface area (Å²) in [5.41, 5.74) is -0.0666. The van der Waals surface area contributed by atoms with E-state index < -0.39 is 11.8 Å². The summed E-state index contributed by atoms with van der Waals surface area (Å²) in [5, 5.41) is 0. The monoisotopic (exact) mass is 193 g/mol. The van der Waals surface area contributed by atoms with E-state index in [4.69, 9.17) is 0 Å². The third-order valence-corrected chi connectivity index (χ3v) is 1.50. The predicted molar refractivity (Wildman–Crippen MR) is 46.0 cm³/mol. The zero-order valence-electron chi connectivity index (χ0n) is 7.39. The van der Waals surface area contributed by atoms with Crippen LogP contribution in [0, 0.1) is 0 Å². The van der Waals surface area contributed by atoms with Gasteiger partial charge in [0.05, 0.1) is 7.11 Å². The first-order valence-corrected chi connectivity index (χ1v) is 3.74. The third kappa shape index (κ3) is 2.01. The molecule has 0 aliphatic rings. The van der Waals surface area contributed by atoms with E-state index in [0.717, 1.165) is 0 Å². The number of carbonyl (C=O) groups is 3. The molecule has 1 heterocycles. The summed E-state index contributed by atoms with van der Waals surface area (Å²) < 4.78 is 4.40. The molecule has 0 aromatic carbocycles. The maximum absolute atomic E-state index is 11.0. The van der Waals surface area contributed by atoms with Crippen molar-refractivity contribution >= 4 is 18.0 Å². The van der Waals surface area contributed by atoms with Crippen LogP contribution in [0.1, 0.15) is 21.0 Å². The molecule has 5 nitrogen and oxygen atoms in total. The van der Waals surface area contributed by atoms with E-state index in [0.29, 0.717) is 0 Å². The van der Waals surface area contributed by atoms with Crippen molar-refractivity contribution in [3.63, 3.8) is 0 Å². The van der Waals surface area contributed by atoms with Crippen molar-refractivity contribution in [1.29, 1.82) is 0 Å². The van der Waals surface area contributed by atoms with Crippen LogP contribution in [0.4, 0.5) is 0 Å². The van der Waals surface area contributed by atoms with Crippen molar-refractivity contribution in [3.05, 3.63) is 29.6 Å². The predicted octanol–water partition coefficient (Wildman–Crippen LogP) is 0.250. The number of hydrogen-bond acceptors (Lipinski definition) is 5. The lowest BCUT2D eigenvalue weighted by Gasteiger charge is -1.98. The lowest BCUT2D eigenvalue weighted by Crippen LogP contribution is -2.09. The molecule has 0 saturated carbocycles. The molecule has 5 heteroatoms. The first-order chi connectivity index (χ1) is 6.69. The van der Waals surface area contributed by atoms with E-state index in [-0.39, 0.29) is 17.7 Å². The molecule has 1 aromatic rings. The Kier molecular flexibility index (Phi) is 3.06. The van der Waals surface area contributed by atoms with Gasteiger partial charge in [-0.3, -0.25) is 9.59 Å². The minimum absolute atomic E-state index is 0.000185. The van der Waals surface area contributed by atoms with Gasteiger partial charge in [0.1, 0.15) is 11.4 Å². The molecule has 0 aliphatic heterocycles. The van der Waals surface area contributed by atoms with Gasteiger partial charge in [-0.15, -0.1) is 0 Å². The normalized spacial score (nSPS) is 9.21. The second kappa shape index (κ2) is 4.27. The highest BCUT2D eigenvalue weighted by molar-refractivity contribution is 6.32. The molecule has 1 rings (SSSR count). The second-order valence-corrected chi connectivity index (χ2v) is 2.38. The Morgan fingerprint density at radius 2 is 2.00 bits per heavy atom. The fourth-order valence-corrected chi connectivity index (χ4v) is 0.851. The van der Waals surface area contributed by atoms with Gasteiger partial charge in [0.25, 0.3) is 0 Å². The molecule has 0 radical (unpaired) electrons. The van der Waals surface area contributed by atoms with Gasteiger partial charge in [0, 0.05) is 0 Å². The highest BCUT2D eigenvalue weighted by Gasteiger charge is 2.11. The van der Waals surface area contributed by atoms with Gasteiger partial charge in [-0.25, -0.2) is 9.78 Å². The van der Waals surface area contributed by atoms with Gasteiger partial charge in [-0.05, 0) is 12.1 Å². The molecular formula is C9H7NO4. The molecule has 0 saturated heterocycles. The number of aldehydes is 1. The number of methoxy groups -OCH3 is 1. The first kappa shape index (κ1) is 10.0. The average Bonchev–Trinajstić information content (AvgIpc) is 2.27. The van der Waals surface area contributed by atoms with Crippen molar-refractivity contribution in [2.45, 2.75) is 0 Å². The fourth-order valence-electron chi connectivity index (χ4n) is 0.851. The van der Waals surface area contributed by atoms with Crippen molar-refractivity contribution in [2.24, 2.45) is 0 Å². The number of nitrogens with zero attached hydrogens (tertiary/aromatic N) is 1. The fraction of sp³-hybridized carbons (Fsp3) is 0.111. The quantitative estimate of drug-likeness (QED) is 0.298. The Morgan fingerprint density at radius 3 is 2.57 bits per heavy atom. The number of pyridine rings is 1. The van der Waals surface area contributed by atoms with Gasteiger partial charge in [0.15, 0.2) is 6.29 Å². The van der Waals surface area contributed by atoms with Crippen molar-refractivity contribution in [3.8, 4) is 0 Å². The second-order valence-electron chi connectivity index (χ2n) is 2.38. The number of carbonyl (C=O) groups excluding carboxylic acids is 3. The van der Waals surface area contributed by atoms with Crippen LogP contribution < -0.4 is 0 Å². The van der Waals surface area contributed by atoms with E-state index in [1.54, 1.807) is 0 Å². The molecule has 0 bridgehead atoms. The smallest absolute Gasteiger partial charge is 0.356 e. The van der Waals surface area contributed by atoms with Gasteiger partial charge < -0.3 is 4.74 Å². The Labute approximate surface area is 79.7 Å². The highest BCUT2D eigenvalue weighted by Crippen LogP contribution is 2.01. The van der Waals surface area contributed by atoms with E-state index in [1.807, 2.05) is 0 Å². The average molecular weight is 193 g/mol. The van der Waals surface area contributed by atoms with E-state index in [2.05, 4.69) is 9.72 Å². The zero-order valence-corrected chi connectivity index (χ0v) is 7.39. The summed E-state index contributed by atoms with van der Waals surface area (Å²) in [7, 11) is 1.21. The molecule has 0 amide bonds. The van der Waals surface area contributed by atoms with Crippen LogP contribution >= 0.6 is 0 Å². The summed E-state index contributed by atoms with van der Waals surface area (Å²) in [6.07, 6.45) is 0.142. The van der Waals surface area contributed by atoms with Crippen molar-refractivity contribution < 1.29 is 19.1 Å².